The van der Waals surface area contributed by atoms with Crippen molar-refractivity contribution in [2.24, 2.45) is 0 Å². The van der Waals surface area contributed by atoms with Crippen molar-refractivity contribution < 1.29 is 18.4 Å². The highest BCUT2D eigenvalue weighted by molar-refractivity contribution is 5.94. The van der Waals surface area contributed by atoms with Crippen molar-refractivity contribution in [1.29, 1.82) is 0 Å². The monoisotopic (exact) mass is 381 g/mol. The molecule has 0 atom stereocenters. The van der Waals surface area contributed by atoms with Gasteiger partial charge in [-0.15, -0.1) is 0 Å². The zero-order valence-electron chi connectivity index (χ0n) is 15.5. The van der Waals surface area contributed by atoms with Gasteiger partial charge in [0.2, 0.25) is 0 Å². The van der Waals surface area contributed by atoms with E-state index in [4.69, 9.17) is 9.26 Å². The molecule has 1 saturated heterocycles. The molecule has 0 unspecified atom stereocenters. The summed E-state index contributed by atoms with van der Waals surface area (Å²) in [5.74, 6) is 1.39. The zero-order chi connectivity index (χ0) is 19.5. The lowest BCUT2D eigenvalue weighted by atomic mass is 9.95. The molecule has 7 heteroatoms. The van der Waals surface area contributed by atoms with E-state index in [0.717, 1.165) is 24.2 Å². The van der Waals surface area contributed by atoms with Crippen molar-refractivity contribution in [3.05, 3.63) is 65.7 Å². The lowest BCUT2D eigenvalue weighted by Crippen LogP contribution is -2.38. The Balaban J connectivity index is 1.41. The van der Waals surface area contributed by atoms with E-state index < -0.39 is 5.82 Å². The molecule has 0 bridgehead atoms. The van der Waals surface area contributed by atoms with E-state index >= 15 is 0 Å². The Morgan fingerprint density at radius 2 is 1.96 bits per heavy atom. The predicted octanol–water partition coefficient (Wildman–Crippen LogP) is 3.90. The van der Waals surface area contributed by atoms with E-state index in [1.54, 1.807) is 24.1 Å². The number of carbonyl (C=O) groups is 1. The molecule has 28 heavy (non-hydrogen) atoms. The first-order chi connectivity index (χ1) is 13.6. The van der Waals surface area contributed by atoms with Crippen LogP contribution in [0.2, 0.25) is 0 Å². The minimum atomic E-state index is -0.405. The number of benzene rings is 2. The molecule has 3 aromatic rings. The van der Waals surface area contributed by atoms with E-state index in [1.165, 1.54) is 12.1 Å². The van der Waals surface area contributed by atoms with E-state index in [1.807, 2.05) is 24.3 Å². The van der Waals surface area contributed by atoms with Crippen LogP contribution >= 0.6 is 0 Å². The van der Waals surface area contributed by atoms with Crippen LogP contribution in [-0.4, -0.2) is 41.1 Å². The third kappa shape index (κ3) is 3.74. The molecular formula is C21H20FN3O3. The molecule has 0 spiro atoms. The number of ether oxygens (including phenoxy) is 1. The van der Waals surface area contributed by atoms with E-state index in [0.29, 0.717) is 30.4 Å². The first kappa shape index (κ1) is 18.2. The third-order valence-electron chi connectivity index (χ3n) is 4.98. The molecule has 1 aliphatic heterocycles. The summed E-state index contributed by atoms with van der Waals surface area (Å²) < 4.78 is 24.0. The first-order valence-electron chi connectivity index (χ1n) is 9.17. The molecule has 0 radical (unpaired) electrons. The van der Waals surface area contributed by atoms with Gasteiger partial charge in [0.1, 0.15) is 11.6 Å². The molecule has 1 amide bonds. The fourth-order valence-corrected chi connectivity index (χ4v) is 3.42. The van der Waals surface area contributed by atoms with Crippen LogP contribution in [0.1, 0.15) is 34.9 Å². The fourth-order valence-electron chi connectivity index (χ4n) is 3.42. The number of carbonyl (C=O) groups excluding carboxylic acids is 1. The molecule has 4 rings (SSSR count). The van der Waals surface area contributed by atoms with Gasteiger partial charge in [0.25, 0.3) is 11.8 Å². The predicted molar refractivity (Wildman–Crippen MR) is 101 cm³/mol. The fraction of sp³-hybridized carbons (Fsp3) is 0.286. The minimum absolute atomic E-state index is 0.125. The number of amides is 1. The second-order valence-electron chi connectivity index (χ2n) is 6.77. The van der Waals surface area contributed by atoms with Gasteiger partial charge in [-0.1, -0.05) is 17.3 Å². The number of likely N-dealkylation sites (tertiary alicyclic amines) is 1. The highest BCUT2D eigenvalue weighted by Crippen LogP contribution is 2.29. The van der Waals surface area contributed by atoms with Crippen molar-refractivity contribution >= 4 is 5.91 Å². The van der Waals surface area contributed by atoms with Gasteiger partial charge < -0.3 is 14.2 Å². The van der Waals surface area contributed by atoms with E-state index in [9.17, 15) is 9.18 Å². The third-order valence-corrected chi connectivity index (χ3v) is 4.98. The molecule has 1 aliphatic rings. The Labute approximate surface area is 161 Å². The number of nitrogens with zero attached hydrogens (tertiary/aromatic N) is 3. The maximum atomic E-state index is 13.4. The van der Waals surface area contributed by atoms with Crippen LogP contribution in [-0.2, 0) is 0 Å². The number of aromatic nitrogens is 2. The molecule has 1 fully saturated rings. The van der Waals surface area contributed by atoms with Crippen LogP contribution in [0, 0.1) is 5.82 Å². The molecule has 144 valence electrons. The van der Waals surface area contributed by atoms with Gasteiger partial charge in [-0.05, 0) is 49.2 Å². The lowest BCUT2D eigenvalue weighted by molar-refractivity contribution is 0.0710. The highest BCUT2D eigenvalue weighted by Gasteiger charge is 2.27. The lowest BCUT2D eigenvalue weighted by Gasteiger charge is -2.30. The normalized spacial score (nSPS) is 14.9. The van der Waals surface area contributed by atoms with Gasteiger partial charge in [-0.3, -0.25) is 4.79 Å². The summed E-state index contributed by atoms with van der Waals surface area (Å²) in [6, 6.07) is 13.2. The standard InChI is InChI=1S/C21H20FN3O3/c1-27-18-7-3-4-15(13-18)20-23-19(24-28-20)14-8-10-25(11-9-14)21(26)16-5-2-6-17(22)12-16/h2-7,12-14H,8-11H2,1H3. The zero-order valence-corrected chi connectivity index (χ0v) is 15.5. The van der Waals surface area contributed by atoms with Crippen molar-refractivity contribution in [3.8, 4) is 17.2 Å². The van der Waals surface area contributed by atoms with Gasteiger partial charge in [0, 0.05) is 30.1 Å². The topological polar surface area (TPSA) is 68.5 Å². The number of halogens is 1. The van der Waals surface area contributed by atoms with Gasteiger partial charge in [-0.25, -0.2) is 4.39 Å². The summed E-state index contributed by atoms with van der Waals surface area (Å²) in [6.45, 7) is 1.14. The quantitative estimate of drug-likeness (QED) is 0.686. The molecule has 2 aromatic carbocycles. The molecular weight excluding hydrogens is 361 g/mol. The summed E-state index contributed by atoms with van der Waals surface area (Å²) in [4.78, 5) is 18.8. The first-order valence-corrected chi connectivity index (χ1v) is 9.17. The number of piperidine rings is 1. The van der Waals surface area contributed by atoms with Crippen molar-refractivity contribution in [1.82, 2.24) is 15.0 Å². The number of hydrogen-bond acceptors (Lipinski definition) is 5. The second kappa shape index (κ2) is 7.80. The number of rotatable bonds is 4. The molecule has 2 heterocycles. The SMILES string of the molecule is COc1cccc(-c2nc(C3CCN(C(=O)c4cccc(F)c4)CC3)no2)c1. The average molecular weight is 381 g/mol. The largest absolute Gasteiger partial charge is 0.497 e. The summed E-state index contributed by atoms with van der Waals surface area (Å²) in [6.07, 6.45) is 1.47. The van der Waals surface area contributed by atoms with Crippen LogP contribution < -0.4 is 4.74 Å². The summed E-state index contributed by atoms with van der Waals surface area (Å²) in [5, 5.41) is 4.13. The Bertz CT molecular complexity index is 980. The Hall–Kier alpha value is -3.22. The second-order valence-corrected chi connectivity index (χ2v) is 6.77. The molecule has 1 aromatic heterocycles. The van der Waals surface area contributed by atoms with Crippen molar-refractivity contribution in [2.75, 3.05) is 20.2 Å². The van der Waals surface area contributed by atoms with Gasteiger partial charge >= 0.3 is 0 Å². The highest BCUT2D eigenvalue weighted by atomic mass is 19.1. The molecule has 6 nitrogen and oxygen atoms in total. The summed E-state index contributed by atoms with van der Waals surface area (Å²) in [7, 11) is 1.61. The molecule has 0 saturated carbocycles. The maximum Gasteiger partial charge on any atom is 0.258 e. The summed E-state index contributed by atoms with van der Waals surface area (Å²) >= 11 is 0. The van der Waals surface area contributed by atoms with E-state index in [-0.39, 0.29) is 11.8 Å². The van der Waals surface area contributed by atoms with Gasteiger partial charge in [0.05, 0.1) is 7.11 Å². The van der Waals surface area contributed by atoms with Crippen molar-refractivity contribution in [3.63, 3.8) is 0 Å². The Kier molecular flexibility index (Phi) is 5.06. The maximum absolute atomic E-state index is 13.4. The van der Waals surface area contributed by atoms with Crippen molar-refractivity contribution in [2.45, 2.75) is 18.8 Å². The van der Waals surface area contributed by atoms with Crippen LogP contribution in [0.25, 0.3) is 11.5 Å². The number of hydrogen-bond donors (Lipinski definition) is 0. The van der Waals surface area contributed by atoms with Gasteiger partial charge in [0.15, 0.2) is 5.82 Å². The molecule has 0 N–H and O–H groups in total. The van der Waals surface area contributed by atoms with E-state index in [2.05, 4.69) is 10.1 Å². The minimum Gasteiger partial charge on any atom is -0.497 e. The summed E-state index contributed by atoms with van der Waals surface area (Å²) in [5.41, 5.74) is 1.18. The van der Waals surface area contributed by atoms with Crippen LogP contribution in [0.3, 0.4) is 0 Å². The Morgan fingerprint density at radius 1 is 1.18 bits per heavy atom. The van der Waals surface area contributed by atoms with Crippen LogP contribution in [0.15, 0.2) is 53.1 Å². The Morgan fingerprint density at radius 3 is 2.71 bits per heavy atom. The molecule has 0 aliphatic carbocycles. The smallest absolute Gasteiger partial charge is 0.258 e. The van der Waals surface area contributed by atoms with Crippen LogP contribution in [0.5, 0.6) is 5.75 Å². The number of methoxy groups -OCH3 is 1. The van der Waals surface area contributed by atoms with Gasteiger partial charge in [-0.2, -0.15) is 4.98 Å². The average Bonchev–Trinajstić information content (AvgIpc) is 3.24. The van der Waals surface area contributed by atoms with Crippen LogP contribution in [0.4, 0.5) is 4.39 Å².